The van der Waals surface area contributed by atoms with Crippen LogP contribution in [0.5, 0.6) is 0 Å². The van der Waals surface area contributed by atoms with Crippen molar-refractivity contribution in [3.8, 4) is 0 Å². The predicted octanol–water partition coefficient (Wildman–Crippen LogP) is 5.59. The molecule has 0 aliphatic rings. The predicted molar refractivity (Wildman–Crippen MR) is 82.2 cm³/mol. The van der Waals surface area contributed by atoms with E-state index in [4.69, 9.17) is 0 Å². The van der Waals surface area contributed by atoms with Gasteiger partial charge in [0.25, 0.3) is 0 Å². The molecular formula is C17H25F4N. The van der Waals surface area contributed by atoms with E-state index < -0.39 is 34.5 Å². The fraction of sp³-hybridized carbons (Fsp3) is 0.647. The standard InChI is InChI=1S/C17H25F4N/c1-5-7-8-12(6-2)9-10-22(4)17-14(19)11(3)13(18)15(20)16(17)21/h12H,5-10H2,1-4H3. The molecule has 0 aliphatic heterocycles. The highest BCUT2D eigenvalue weighted by molar-refractivity contribution is 5.52. The van der Waals surface area contributed by atoms with Gasteiger partial charge in [0.2, 0.25) is 0 Å². The summed E-state index contributed by atoms with van der Waals surface area (Å²) in [5.74, 6) is -5.08. The minimum Gasteiger partial charge on any atom is -0.370 e. The van der Waals surface area contributed by atoms with Crippen LogP contribution in [0.1, 0.15) is 51.5 Å². The number of benzene rings is 1. The van der Waals surface area contributed by atoms with E-state index in [1.165, 1.54) is 11.9 Å². The molecule has 0 aliphatic carbocycles. The Bertz CT molecular complexity index is 473. The molecule has 0 spiro atoms. The summed E-state index contributed by atoms with van der Waals surface area (Å²) in [5, 5.41) is 0. The molecule has 1 nitrogen and oxygen atoms in total. The highest BCUT2D eigenvalue weighted by Gasteiger charge is 2.25. The summed E-state index contributed by atoms with van der Waals surface area (Å²) in [4.78, 5) is 1.34. The normalized spacial score (nSPS) is 12.5. The molecule has 1 aromatic rings. The van der Waals surface area contributed by atoms with E-state index in [-0.39, 0.29) is 0 Å². The van der Waals surface area contributed by atoms with Crippen molar-refractivity contribution in [3.05, 3.63) is 28.8 Å². The van der Waals surface area contributed by atoms with Crippen molar-refractivity contribution < 1.29 is 17.6 Å². The maximum Gasteiger partial charge on any atom is 0.197 e. The second-order valence-electron chi connectivity index (χ2n) is 5.86. The number of halogens is 4. The van der Waals surface area contributed by atoms with E-state index in [2.05, 4.69) is 13.8 Å². The first kappa shape index (κ1) is 18.8. The van der Waals surface area contributed by atoms with Crippen molar-refractivity contribution in [2.24, 2.45) is 5.92 Å². The van der Waals surface area contributed by atoms with Crippen molar-refractivity contribution >= 4 is 5.69 Å². The fourth-order valence-corrected chi connectivity index (χ4v) is 2.60. The van der Waals surface area contributed by atoms with Gasteiger partial charge in [0.15, 0.2) is 23.3 Å². The largest absolute Gasteiger partial charge is 0.370 e. The van der Waals surface area contributed by atoms with Gasteiger partial charge in [0.05, 0.1) is 0 Å². The van der Waals surface area contributed by atoms with Gasteiger partial charge in [0.1, 0.15) is 5.69 Å². The third-order valence-corrected chi connectivity index (χ3v) is 4.26. The maximum atomic E-state index is 14.1. The molecular weight excluding hydrogens is 294 g/mol. The average molecular weight is 319 g/mol. The number of anilines is 1. The van der Waals surface area contributed by atoms with E-state index >= 15 is 0 Å². The summed E-state index contributed by atoms with van der Waals surface area (Å²) in [7, 11) is 1.50. The molecule has 0 N–H and O–H groups in total. The van der Waals surface area contributed by atoms with Crippen molar-refractivity contribution in [1.82, 2.24) is 0 Å². The first-order valence-electron chi connectivity index (χ1n) is 7.88. The molecule has 0 bridgehead atoms. The number of unbranched alkanes of at least 4 members (excludes halogenated alkanes) is 1. The Balaban J connectivity index is 2.88. The van der Waals surface area contributed by atoms with Crippen LogP contribution in [-0.4, -0.2) is 13.6 Å². The fourth-order valence-electron chi connectivity index (χ4n) is 2.60. The molecule has 0 amide bonds. The topological polar surface area (TPSA) is 3.24 Å². The summed E-state index contributed by atoms with van der Waals surface area (Å²) in [6, 6.07) is 0. The quantitative estimate of drug-likeness (QED) is 0.343. The third kappa shape index (κ3) is 4.14. The highest BCUT2D eigenvalue weighted by atomic mass is 19.2. The minimum atomic E-state index is -1.61. The van der Waals surface area contributed by atoms with Crippen LogP contribution in [-0.2, 0) is 0 Å². The van der Waals surface area contributed by atoms with E-state index in [1.807, 2.05) is 0 Å². The van der Waals surface area contributed by atoms with Gasteiger partial charge in [-0.15, -0.1) is 0 Å². The first-order valence-corrected chi connectivity index (χ1v) is 7.88. The lowest BCUT2D eigenvalue weighted by Gasteiger charge is -2.24. The molecule has 0 heterocycles. The van der Waals surface area contributed by atoms with Gasteiger partial charge in [-0.1, -0.05) is 39.5 Å². The first-order chi connectivity index (χ1) is 10.3. The second kappa shape index (κ2) is 8.39. The van der Waals surface area contributed by atoms with Crippen LogP contribution in [0.3, 0.4) is 0 Å². The van der Waals surface area contributed by atoms with E-state index in [0.29, 0.717) is 12.5 Å². The molecule has 0 fully saturated rings. The molecule has 0 saturated carbocycles. The van der Waals surface area contributed by atoms with Gasteiger partial charge in [-0.05, 0) is 19.3 Å². The average Bonchev–Trinajstić information content (AvgIpc) is 2.51. The van der Waals surface area contributed by atoms with E-state index in [1.54, 1.807) is 0 Å². The number of nitrogens with zero attached hydrogens (tertiary/aromatic N) is 1. The summed E-state index contributed by atoms with van der Waals surface area (Å²) < 4.78 is 54.8. The monoisotopic (exact) mass is 319 g/mol. The van der Waals surface area contributed by atoms with Gasteiger partial charge in [-0.3, -0.25) is 0 Å². The van der Waals surface area contributed by atoms with Crippen molar-refractivity contribution in [1.29, 1.82) is 0 Å². The molecule has 0 aromatic heterocycles. The van der Waals surface area contributed by atoms with Crippen LogP contribution in [0.4, 0.5) is 23.2 Å². The zero-order chi connectivity index (χ0) is 16.9. The van der Waals surface area contributed by atoms with Crippen molar-refractivity contribution in [3.63, 3.8) is 0 Å². The summed E-state index contributed by atoms with van der Waals surface area (Å²) in [6.07, 6.45) is 5.06. The molecule has 5 heteroatoms. The van der Waals surface area contributed by atoms with Crippen LogP contribution < -0.4 is 4.90 Å². The zero-order valence-electron chi connectivity index (χ0n) is 13.8. The maximum absolute atomic E-state index is 14.1. The summed E-state index contributed by atoms with van der Waals surface area (Å²) in [6.45, 7) is 5.72. The Hall–Kier alpha value is -1.26. The van der Waals surface area contributed by atoms with Crippen LogP contribution in [0, 0.1) is 36.1 Å². The number of hydrogen-bond donors (Lipinski definition) is 0. The molecule has 1 rings (SSSR count). The lowest BCUT2D eigenvalue weighted by atomic mass is 9.95. The van der Waals surface area contributed by atoms with Crippen molar-refractivity contribution in [2.75, 3.05) is 18.5 Å². The molecule has 1 unspecified atom stereocenters. The molecule has 1 atom stereocenters. The van der Waals surface area contributed by atoms with Crippen LogP contribution in [0.2, 0.25) is 0 Å². The second-order valence-corrected chi connectivity index (χ2v) is 5.86. The Morgan fingerprint density at radius 1 is 0.909 bits per heavy atom. The van der Waals surface area contributed by atoms with Crippen LogP contribution in [0.15, 0.2) is 0 Å². The highest BCUT2D eigenvalue weighted by Crippen LogP contribution is 2.30. The molecule has 126 valence electrons. The summed E-state index contributed by atoms with van der Waals surface area (Å²) in [5.41, 5.74) is -0.972. The number of rotatable bonds is 8. The van der Waals surface area contributed by atoms with Crippen molar-refractivity contribution in [2.45, 2.75) is 52.9 Å². The smallest absolute Gasteiger partial charge is 0.197 e. The van der Waals surface area contributed by atoms with E-state index in [0.717, 1.165) is 39.0 Å². The third-order valence-electron chi connectivity index (χ3n) is 4.26. The lowest BCUT2D eigenvalue weighted by Crippen LogP contribution is -2.24. The summed E-state index contributed by atoms with van der Waals surface area (Å²) >= 11 is 0. The van der Waals surface area contributed by atoms with Gasteiger partial charge in [-0.2, -0.15) is 0 Å². The van der Waals surface area contributed by atoms with Gasteiger partial charge in [0, 0.05) is 19.2 Å². The Morgan fingerprint density at radius 2 is 1.55 bits per heavy atom. The minimum absolute atomic E-state index is 0.403. The Morgan fingerprint density at radius 3 is 2.09 bits per heavy atom. The molecule has 0 radical (unpaired) electrons. The molecule has 0 saturated heterocycles. The Labute approximate surface area is 130 Å². The van der Waals surface area contributed by atoms with Gasteiger partial charge in [-0.25, -0.2) is 17.6 Å². The Kier molecular flexibility index (Phi) is 7.17. The number of hydrogen-bond acceptors (Lipinski definition) is 1. The van der Waals surface area contributed by atoms with Gasteiger partial charge >= 0.3 is 0 Å². The van der Waals surface area contributed by atoms with Crippen LogP contribution >= 0.6 is 0 Å². The van der Waals surface area contributed by atoms with Crippen LogP contribution in [0.25, 0.3) is 0 Å². The van der Waals surface area contributed by atoms with E-state index in [9.17, 15) is 17.6 Å². The lowest BCUT2D eigenvalue weighted by molar-refractivity contribution is 0.414. The van der Waals surface area contributed by atoms with Gasteiger partial charge < -0.3 is 4.90 Å². The molecule has 1 aromatic carbocycles. The molecule has 22 heavy (non-hydrogen) atoms. The SMILES string of the molecule is CCCCC(CC)CCN(C)c1c(F)c(C)c(F)c(F)c1F. The zero-order valence-corrected chi connectivity index (χ0v) is 13.8.